The van der Waals surface area contributed by atoms with Crippen LogP contribution in [0.15, 0.2) is 34.9 Å². The zero-order valence-corrected chi connectivity index (χ0v) is 11.4. The first-order chi connectivity index (χ1) is 9.00. The lowest BCUT2D eigenvalue weighted by atomic mass is 10.1. The molecule has 1 N–H and O–H groups in total. The summed E-state index contributed by atoms with van der Waals surface area (Å²) in [5, 5.41) is 9.73. The Morgan fingerprint density at radius 1 is 1.37 bits per heavy atom. The first kappa shape index (κ1) is 13.6. The zero-order valence-electron chi connectivity index (χ0n) is 11.4. The number of aryl methyl sites for hydroxylation is 1. The number of halogens is 1. The molecule has 4 heteroatoms. The Bertz CT molecular complexity index is 563. The van der Waals surface area contributed by atoms with E-state index in [1.807, 2.05) is 24.9 Å². The summed E-state index contributed by atoms with van der Waals surface area (Å²) >= 11 is 0. The van der Waals surface area contributed by atoms with Crippen molar-refractivity contribution in [1.82, 2.24) is 0 Å². The van der Waals surface area contributed by atoms with Gasteiger partial charge < -0.3 is 14.4 Å². The van der Waals surface area contributed by atoms with Crippen molar-refractivity contribution in [3.8, 4) is 0 Å². The summed E-state index contributed by atoms with van der Waals surface area (Å²) in [6.07, 6.45) is 0.795. The Hall–Kier alpha value is -1.81. The fraction of sp³-hybridized carbons (Fsp3) is 0.333. The zero-order chi connectivity index (χ0) is 14.0. The molecule has 3 nitrogen and oxygen atoms in total. The number of aliphatic hydroxyl groups excluding tert-OH is 1. The summed E-state index contributed by atoms with van der Waals surface area (Å²) in [5.74, 6) is 0.463. The van der Waals surface area contributed by atoms with Crippen LogP contribution in [-0.4, -0.2) is 12.2 Å². The van der Waals surface area contributed by atoms with E-state index in [9.17, 15) is 9.50 Å². The highest BCUT2D eigenvalue weighted by molar-refractivity contribution is 5.55. The molecular formula is C15H18FNO2. The molecule has 0 aliphatic rings. The van der Waals surface area contributed by atoms with E-state index in [1.54, 1.807) is 25.3 Å². The molecule has 1 aromatic carbocycles. The van der Waals surface area contributed by atoms with Crippen LogP contribution >= 0.6 is 0 Å². The lowest BCUT2D eigenvalue weighted by Crippen LogP contribution is -2.19. The Balaban J connectivity index is 2.31. The third kappa shape index (κ3) is 2.79. The molecule has 0 saturated carbocycles. The van der Waals surface area contributed by atoms with Crippen molar-refractivity contribution in [2.75, 3.05) is 11.9 Å². The molecule has 0 bridgehead atoms. The Kier molecular flexibility index (Phi) is 3.90. The number of hydrogen-bond acceptors (Lipinski definition) is 3. The summed E-state index contributed by atoms with van der Waals surface area (Å²) in [4.78, 5) is 1.91. The van der Waals surface area contributed by atoms with E-state index in [4.69, 9.17) is 4.42 Å². The minimum absolute atomic E-state index is 0.325. The lowest BCUT2D eigenvalue weighted by molar-refractivity contribution is 0.194. The molecule has 2 aromatic rings. The van der Waals surface area contributed by atoms with Gasteiger partial charge in [-0.25, -0.2) is 4.39 Å². The topological polar surface area (TPSA) is 36.6 Å². The number of aliphatic hydroxyl groups is 1. The van der Waals surface area contributed by atoms with Gasteiger partial charge in [0.05, 0.1) is 12.4 Å². The Labute approximate surface area is 112 Å². The monoisotopic (exact) mass is 263 g/mol. The van der Waals surface area contributed by atoms with Crippen LogP contribution in [0, 0.1) is 12.7 Å². The predicted octanol–water partition coefficient (Wildman–Crippen LogP) is 3.42. The smallest absolute Gasteiger partial charge is 0.131 e. The van der Waals surface area contributed by atoms with Gasteiger partial charge in [0.2, 0.25) is 0 Å². The molecule has 1 heterocycles. The molecule has 0 aliphatic carbocycles. The summed E-state index contributed by atoms with van der Waals surface area (Å²) in [5.41, 5.74) is 2.06. The molecule has 102 valence electrons. The van der Waals surface area contributed by atoms with E-state index in [0.29, 0.717) is 17.8 Å². The summed E-state index contributed by atoms with van der Waals surface area (Å²) in [7, 11) is 1.87. The fourth-order valence-electron chi connectivity index (χ4n) is 2.19. The fourth-order valence-corrected chi connectivity index (χ4v) is 2.19. The highest BCUT2D eigenvalue weighted by Crippen LogP contribution is 2.29. The molecular weight excluding hydrogens is 245 g/mol. The van der Waals surface area contributed by atoms with Gasteiger partial charge in [0, 0.05) is 30.4 Å². The van der Waals surface area contributed by atoms with Gasteiger partial charge in [-0.15, -0.1) is 0 Å². The van der Waals surface area contributed by atoms with Crippen molar-refractivity contribution in [2.45, 2.75) is 26.5 Å². The maximum Gasteiger partial charge on any atom is 0.131 e. The second-order valence-electron chi connectivity index (χ2n) is 4.71. The molecule has 1 aromatic heterocycles. The van der Waals surface area contributed by atoms with Gasteiger partial charge in [-0.05, 0) is 32.0 Å². The SMILES string of the molecule is Cc1occc1CN(C)c1cccc(F)c1[C@H](C)O. The van der Waals surface area contributed by atoms with Gasteiger partial charge in [-0.3, -0.25) is 0 Å². The number of rotatable bonds is 4. The van der Waals surface area contributed by atoms with Crippen molar-refractivity contribution in [1.29, 1.82) is 0 Å². The van der Waals surface area contributed by atoms with Gasteiger partial charge >= 0.3 is 0 Å². The predicted molar refractivity (Wildman–Crippen MR) is 72.6 cm³/mol. The lowest BCUT2D eigenvalue weighted by Gasteiger charge is -2.23. The van der Waals surface area contributed by atoms with Crippen LogP contribution in [0.4, 0.5) is 10.1 Å². The van der Waals surface area contributed by atoms with Gasteiger partial charge in [0.1, 0.15) is 11.6 Å². The van der Waals surface area contributed by atoms with Crippen molar-refractivity contribution < 1.29 is 13.9 Å². The summed E-state index contributed by atoms with van der Waals surface area (Å²) in [6.45, 7) is 4.06. The normalized spacial score (nSPS) is 12.5. The van der Waals surface area contributed by atoms with E-state index in [2.05, 4.69) is 0 Å². The Morgan fingerprint density at radius 3 is 2.68 bits per heavy atom. The highest BCUT2D eigenvalue weighted by atomic mass is 19.1. The third-order valence-corrected chi connectivity index (χ3v) is 3.23. The number of furan rings is 1. The van der Waals surface area contributed by atoms with Crippen LogP contribution in [0.1, 0.15) is 29.9 Å². The number of anilines is 1. The van der Waals surface area contributed by atoms with E-state index in [1.165, 1.54) is 6.07 Å². The van der Waals surface area contributed by atoms with Gasteiger partial charge in [0.15, 0.2) is 0 Å². The van der Waals surface area contributed by atoms with E-state index >= 15 is 0 Å². The quantitative estimate of drug-likeness (QED) is 0.918. The number of benzene rings is 1. The van der Waals surface area contributed by atoms with Crippen LogP contribution in [0.3, 0.4) is 0 Å². The molecule has 0 spiro atoms. The van der Waals surface area contributed by atoms with Gasteiger partial charge in [0.25, 0.3) is 0 Å². The van der Waals surface area contributed by atoms with Gasteiger partial charge in [-0.2, -0.15) is 0 Å². The molecule has 0 amide bonds. The van der Waals surface area contributed by atoms with Crippen LogP contribution in [0.2, 0.25) is 0 Å². The minimum atomic E-state index is -0.843. The summed E-state index contributed by atoms with van der Waals surface area (Å²) in [6, 6.07) is 6.71. The summed E-state index contributed by atoms with van der Waals surface area (Å²) < 4.78 is 19.1. The highest BCUT2D eigenvalue weighted by Gasteiger charge is 2.17. The molecule has 19 heavy (non-hydrogen) atoms. The van der Waals surface area contributed by atoms with Crippen molar-refractivity contribution in [3.63, 3.8) is 0 Å². The largest absolute Gasteiger partial charge is 0.469 e. The van der Waals surface area contributed by atoms with Crippen LogP contribution < -0.4 is 4.90 Å². The second-order valence-corrected chi connectivity index (χ2v) is 4.71. The Morgan fingerprint density at radius 2 is 2.11 bits per heavy atom. The molecule has 1 atom stereocenters. The van der Waals surface area contributed by atoms with Crippen molar-refractivity contribution >= 4 is 5.69 Å². The standard InChI is InChI=1S/C15H18FNO2/c1-10(18)15-13(16)5-4-6-14(15)17(3)9-12-7-8-19-11(12)2/h4-8,10,18H,9H2,1-3H3/t10-/m0/s1. The second kappa shape index (κ2) is 5.45. The maximum atomic E-state index is 13.8. The molecule has 0 unspecified atom stereocenters. The van der Waals surface area contributed by atoms with E-state index in [-0.39, 0.29) is 5.82 Å². The minimum Gasteiger partial charge on any atom is -0.469 e. The average molecular weight is 263 g/mol. The van der Waals surface area contributed by atoms with Crippen molar-refractivity contribution in [3.05, 3.63) is 53.2 Å². The number of hydrogen-bond donors (Lipinski definition) is 1. The molecule has 0 fully saturated rings. The van der Waals surface area contributed by atoms with E-state index < -0.39 is 6.10 Å². The molecule has 0 aliphatic heterocycles. The molecule has 0 saturated heterocycles. The third-order valence-electron chi connectivity index (χ3n) is 3.23. The van der Waals surface area contributed by atoms with Crippen LogP contribution in [0.5, 0.6) is 0 Å². The van der Waals surface area contributed by atoms with Crippen molar-refractivity contribution in [2.24, 2.45) is 0 Å². The first-order valence-electron chi connectivity index (χ1n) is 6.21. The molecule has 2 rings (SSSR count). The van der Waals surface area contributed by atoms with Crippen LogP contribution in [0.25, 0.3) is 0 Å². The maximum absolute atomic E-state index is 13.8. The first-order valence-corrected chi connectivity index (χ1v) is 6.21. The van der Waals surface area contributed by atoms with Crippen LogP contribution in [-0.2, 0) is 6.54 Å². The van der Waals surface area contributed by atoms with E-state index in [0.717, 1.165) is 11.3 Å². The molecule has 0 radical (unpaired) electrons. The average Bonchev–Trinajstić information content (AvgIpc) is 2.74. The van der Waals surface area contributed by atoms with Gasteiger partial charge in [-0.1, -0.05) is 6.07 Å². The number of nitrogens with zero attached hydrogens (tertiary/aromatic N) is 1.